The van der Waals surface area contributed by atoms with Crippen molar-refractivity contribution >= 4 is 0 Å². The van der Waals surface area contributed by atoms with Gasteiger partial charge in [0, 0.05) is 12.6 Å². The van der Waals surface area contributed by atoms with Gasteiger partial charge < -0.3 is 10.2 Å². The maximum Gasteiger partial charge on any atom is 0.00915 e. The zero-order valence-corrected chi connectivity index (χ0v) is 13.9. The maximum atomic E-state index is 3.79. The van der Waals surface area contributed by atoms with Crippen molar-refractivity contribution in [2.75, 3.05) is 26.2 Å². The Labute approximate surface area is 130 Å². The van der Waals surface area contributed by atoms with Crippen molar-refractivity contribution in [2.45, 2.75) is 52.0 Å². The molecule has 1 saturated heterocycles. The fraction of sp³-hybridized carbons (Fsp3) is 0.684. The van der Waals surface area contributed by atoms with Gasteiger partial charge in [-0.25, -0.2) is 0 Å². The van der Waals surface area contributed by atoms with E-state index in [1.807, 2.05) is 0 Å². The van der Waals surface area contributed by atoms with Crippen LogP contribution in [0.1, 0.15) is 45.1 Å². The van der Waals surface area contributed by atoms with Crippen LogP contribution >= 0.6 is 0 Å². The Hall–Kier alpha value is -0.860. The standard InChI is InChI=1S/C19H32N2/c1-3-17(4-2)16-20-19-11-14-21(15-12-19)13-10-18-8-6-5-7-9-18/h5-9,17,19-20H,3-4,10-16H2,1-2H3. The Morgan fingerprint density at radius 3 is 2.38 bits per heavy atom. The number of piperidine rings is 1. The van der Waals surface area contributed by atoms with E-state index in [1.165, 1.54) is 63.8 Å². The van der Waals surface area contributed by atoms with Gasteiger partial charge >= 0.3 is 0 Å². The SMILES string of the molecule is CCC(CC)CNC1CCN(CCc2ccccc2)CC1. The molecular weight excluding hydrogens is 256 g/mol. The third-order valence-electron chi connectivity index (χ3n) is 5.00. The summed E-state index contributed by atoms with van der Waals surface area (Å²) < 4.78 is 0. The van der Waals surface area contributed by atoms with Crippen LogP contribution in [0.3, 0.4) is 0 Å². The van der Waals surface area contributed by atoms with Gasteiger partial charge in [-0.3, -0.25) is 0 Å². The molecule has 2 nitrogen and oxygen atoms in total. The summed E-state index contributed by atoms with van der Waals surface area (Å²) in [5.74, 6) is 0.862. The van der Waals surface area contributed by atoms with Crippen molar-refractivity contribution in [3.63, 3.8) is 0 Å². The monoisotopic (exact) mass is 288 g/mol. The molecule has 1 fully saturated rings. The highest BCUT2D eigenvalue weighted by molar-refractivity contribution is 5.14. The van der Waals surface area contributed by atoms with Gasteiger partial charge in [0.2, 0.25) is 0 Å². The van der Waals surface area contributed by atoms with Crippen LogP contribution in [0.15, 0.2) is 30.3 Å². The number of nitrogens with one attached hydrogen (secondary N) is 1. The van der Waals surface area contributed by atoms with Gasteiger partial charge in [-0.2, -0.15) is 0 Å². The van der Waals surface area contributed by atoms with Crippen LogP contribution in [-0.2, 0) is 6.42 Å². The van der Waals surface area contributed by atoms with E-state index in [0.717, 1.165) is 12.0 Å². The third-order valence-corrected chi connectivity index (χ3v) is 5.00. The summed E-state index contributed by atoms with van der Waals surface area (Å²) >= 11 is 0. The van der Waals surface area contributed by atoms with Crippen LogP contribution in [0, 0.1) is 5.92 Å². The fourth-order valence-electron chi connectivity index (χ4n) is 3.20. The average Bonchev–Trinajstić information content (AvgIpc) is 2.56. The lowest BCUT2D eigenvalue weighted by Gasteiger charge is -2.33. The molecular formula is C19H32N2. The molecule has 1 aliphatic rings. The van der Waals surface area contributed by atoms with Crippen LogP contribution < -0.4 is 5.32 Å². The van der Waals surface area contributed by atoms with Gasteiger partial charge in [0.25, 0.3) is 0 Å². The lowest BCUT2D eigenvalue weighted by molar-refractivity contribution is 0.196. The van der Waals surface area contributed by atoms with Crippen molar-refractivity contribution in [3.05, 3.63) is 35.9 Å². The number of benzene rings is 1. The maximum absolute atomic E-state index is 3.79. The second-order valence-electron chi connectivity index (χ2n) is 6.44. The molecule has 0 unspecified atom stereocenters. The van der Waals surface area contributed by atoms with E-state index in [4.69, 9.17) is 0 Å². The van der Waals surface area contributed by atoms with E-state index in [1.54, 1.807) is 0 Å². The smallest absolute Gasteiger partial charge is 0.00915 e. The molecule has 0 radical (unpaired) electrons. The molecule has 1 aliphatic heterocycles. The molecule has 1 heterocycles. The minimum atomic E-state index is 0.749. The molecule has 0 aromatic heterocycles. The lowest BCUT2D eigenvalue weighted by Crippen LogP contribution is -2.44. The van der Waals surface area contributed by atoms with Crippen LogP contribution in [0.2, 0.25) is 0 Å². The van der Waals surface area contributed by atoms with Crippen LogP contribution in [0.5, 0.6) is 0 Å². The number of likely N-dealkylation sites (tertiary alicyclic amines) is 1. The Kier molecular flexibility index (Phi) is 7.25. The topological polar surface area (TPSA) is 15.3 Å². The summed E-state index contributed by atoms with van der Waals surface area (Å²) in [5, 5.41) is 3.79. The highest BCUT2D eigenvalue weighted by atomic mass is 15.1. The summed E-state index contributed by atoms with van der Waals surface area (Å²) in [4.78, 5) is 2.63. The first-order chi connectivity index (χ1) is 10.3. The first kappa shape index (κ1) is 16.5. The van der Waals surface area contributed by atoms with Crippen molar-refractivity contribution in [1.82, 2.24) is 10.2 Å². The molecule has 0 spiro atoms. The lowest BCUT2D eigenvalue weighted by atomic mass is 10.0. The molecule has 1 aromatic carbocycles. The minimum Gasteiger partial charge on any atom is -0.314 e. The molecule has 0 atom stereocenters. The summed E-state index contributed by atoms with van der Waals surface area (Å²) in [6.45, 7) is 9.55. The number of nitrogens with zero attached hydrogens (tertiary/aromatic N) is 1. The zero-order valence-electron chi connectivity index (χ0n) is 13.9. The molecule has 0 amide bonds. The Balaban J connectivity index is 1.62. The van der Waals surface area contributed by atoms with Crippen LogP contribution in [-0.4, -0.2) is 37.1 Å². The number of hydrogen-bond acceptors (Lipinski definition) is 2. The zero-order chi connectivity index (χ0) is 14.9. The minimum absolute atomic E-state index is 0.749. The van der Waals surface area contributed by atoms with Crippen LogP contribution in [0.4, 0.5) is 0 Å². The van der Waals surface area contributed by atoms with E-state index >= 15 is 0 Å². The van der Waals surface area contributed by atoms with Crippen molar-refractivity contribution in [2.24, 2.45) is 5.92 Å². The van der Waals surface area contributed by atoms with Gasteiger partial charge in [-0.15, -0.1) is 0 Å². The van der Waals surface area contributed by atoms with Crippen molar-refractivity contribution < 1.29 is 0 Å². The fourth-order valence-corrected chi connectivity index (χ4v) is 3.20. The highest BCUT2D eigenvalue weighted by Gasteiger charge is 2.19. The van der Waals surface area contributed by atoms with E-state index < -0.39 is 0 Å². The van der Waals surface area contributed by atoms with E-state index in [-0.39, 0.29) is 0 Å². The predicted octanol–water partition coefficient (Wildman–Crippen LogP) is 3.72. The Morgan fingerprint density at radius 1 is 1.10 bits per heavy atom. The molecule has 2 rings (SSSR count). The summed E-state index contributed by atoms with van der Waals surface area (Å²) in [5.41, 5.74) is 1.46. The predicted molar refractivity (Wildman–Crippen MR) is 91.7 cm³/mol. The Morgan fingerprint density at radius 2 is 1.76 bits per heavy atom. The van der Waals surface area contributed by atoms with Crippen molar-refractivity contribution in [1.29, 1.82) is 0 Å². The number of rotatable bonds is 8. The molecule has 21 heavy (non-hydrogen) atoms. The van der Waals surface area contributed by atoms with Gasteiger partial charge in [0.05, 0.1) is 0 Å². The van der Waals surface area contributed by atoms with E-state index in [0.29, 0.717) is 0 Å². The Bertz CT molecular complexity index is 364. The average molecular weight is 288 g/mol. The number of hydrogen-bond donors (Lipinski definition) is 1. The molecule has 0 bridgehead atoms. The quantitative estimate of drug-likeness (QED) is 0.784. The molecule has 1 N–H and O–H groups in total. The third kappa shape index (κ3) is 5.80. The summed E-state index contributed by atoms with van der Waals surface area (Å²) in [7, 11) is 0. The normalized spacial score (nSPS) is 17.5. The molecule has 0 aliphatic carbocycles. The van der Waals surface area contributed by atoms with E-state index in [9.17, 15) is 0 Å². The molecule has 118 valence electrons. The highest BCUT2D eigenvalue weighted by Crippen LogP contribution is 2.13. The first-order valence-electron chi connectivity index (χ1n) is 8.81. The molecule has 1 aromatic rings. The van der Waals surface area contributed by atoms with Crippen molar-refractivity contribution in [3.8, 4) is 0 Å². The first-order valence-corrected chi connectivity index (χ1v) is 8.81. The van der Waals surface area contributed by atoms with Gasteiger partial charge in [-0.1, -0.05) is 57.0 Å². The summed E-state index contributed by atoms with van der Waals surface area (Å²) in [6, 6.07) is 11.6. The van der Waals surface area contributed by atoms with Gasteiger partial charge in [0.1, 0.15) is 0 Å². The second kappa shape index (κ2) is 9.22. The largest absolute Gasteiger partial charge is 0.314 e. The second-order valence-corrected chi connectivity index (χ2v) is 6.44. The van der Waals surface area contributed by atoms with Gasteiger partial charge in [-0.05, 0) is 50.4 Å². The summed E-state index contributed by atoms with van der Waals surface area (Å²) in [6.07, 6.45) is 6.43. The van der Waals surface area contributed by atoms with Gasteiger partial charge in [0.15, 0.2) is 0 Å². The van der Waals surface area contributed by atoms with E-state index in [2.05, 4.69) is 54.4 Å². The molecule has 0 saturated carbocycles. The van der Waals surface area contributed by atoms with Crippen LogP contribution in [0.25, 0.3) is 0 Å². The molecule has 2 heteroatoms.